The van der Waals surface area contributed by atoms with Crippen molar-refractivity contribution in [1.82, 2.24) is 20.0 Å². The van der Waals surface area contributed by atoms with Crippen molar-refractivity contribution in [1.29, 1.82) is 0 Å². The predicted octanol–water partition coefficient (Wildman–Crippen LogP) is 4.24. The van der Waals surface area contributed by atoms with E-state index in [0.717, 1.165) is 16.8 Å². The smallest absolute Gasteiger partial charge is 0.321 e. The van der Waals surface area contributed by atoms with Gasteiger partial charge in [0, 0.05) is 30.2 Å². The van der Waals surface area contributed by atoms with Gasteiger partial charge in [0.05, 0.1) is 6.54 Å². The number of aryl methyl sites for hydroxylation is 2. The zero-order chi connectivity index (χ0) is 20.4. The van der Waals surface area contributed by atoms with Gasteiger partial charge in [0.1, 0.15) is 0 Å². The SMILES string of the molecule is Cc1ccc(C)c(NC(=O)N2CCCC(F)(c3nc(-c4cccnc4)no3)C2)c1. The van der Waals surface area contributed by atoms with E-state index in [1.807, 2.05) is 32.0 Å². The number of benzene rings is 1. The molecule has 1 aliphatic heterocycles. The fourth-order valence-corrected chi connectivity index (χ4v) is 3.44. The van der Waals surface area contributed by atoms with E-state index in [0.29, 0.717) is 18.5 Å². The molecule has 0 spiro atoms. The second-order valence-corrected chi connectivity index (χ2v) is 7.40. The molecule has 1 atom stereocenters. The van der Waals surface area contributed by atoms with E-state index in [2.05, 4.69) is 20.4 Å². The Morgan fingerprint density at radius 3 is 2.97 bits per heavy atom. The van der Waals surface area contributed by atoms with Crippen molar-refractivity contribution in [3.8, 4) is 11.4 Å². The third-order valence-electron chi connectivity index (χ3n) is 5.09. The molecular weight excluding hydrogens is 373 g/mol. The highest BCUT2D eigenvalue weighted by Crippen LogP contribution is 2.35. The number of urea groups is 1. The van der Waals surface area contributed by atoms with Crippen molar-refractivity contribution in [2.24, 2.45) is 0 Å². The number of carbonyl (C=O) groups excluding carboxylic acids is 1. The molecule has 1 aromatic carbocycles. The summed E-state index contributed by atoms with van der Waals surface area (Å²) in [5.74, 6) is 0.169. The maximum atomic E-state index is 15.7. The second-order valence-electron chi connectivity index (χ2n) is 7.40. The Morgan fingerprint density at radius 1 is 1.31 bits per heavy atom. The number of anilines is 1. The van der Waals surface area contributed by atoms with E-state index in [9.17, 15) is 4.79 Å². The molecular formula is C21H22FN5O2. The molecule has 1 unspecified atom stereocenters. The molecule has 3 heterocycles. The summed E-state index contributed by atoms with van der Waals surface area (Å²) >= 11 is 0. The predicted molar refractivity (Wildman–Crippen MR) is 106 cm³/mol. The quantitative estimate of drug-likeness (QED) is 0.717. The van der Waals surface area contributed by atoms with Crippen LogP contribution in [0.3, 0.4) is 0 Å². The van der Waals surface area contributed by atoms with E-state index in [1.165, 1.54) is 4.90 Å². The van der Waals surface area contributed by atoms with Gasteiger partial charge in [-0.25, -0.2) is 9.18 Å². The van der Waals surface area contributed by atoms with Crippen molar-refractivity contribution in [2.45, 2.75) is 32.4 Å². The Hall–Kier alpha value is -3.29. The van der Waals surface area contributed by atoms with Gasteiger partial charge < -0.3 is 14.7 Å². The van der Waals surface area contributed by atoms with Crippen molar-refractivity contribution < 1.29 is 13.7 Å². The molecule has 1 fully saturated rings. The minimum atomic E-state index is -1.88. The lowest BCUT2D eigenvalue weighted by Gasteiger charge is -2.35. The summed E-state index contributed by atoms with van der Waals surface area (Å²) in [5.41, 5.74) is 1.47. The van der Waals surface area contributed by atoms with Gasteiger partial charge in [-0.2, -0.15) is 4.98 Å². The van der Waals surface area contributed by atoms with Crippen molar-refractivity contribution in [3.63, 3.8) is 0 Å². The number of nitrogens with one attached hydrogen (secondary N) is 1. The Bertz CT molecular complexity index is 1020. The molecule has 2 aromatic heterocycles. The number of halogens is 1. The highest BCUT2D eigenvalue weighted by atomic mass is 19.1. The van der Waals surface area contributed by atoms with Gasteiger partial charge in [-0.05, 0) is 56.0 Å². The standard InChI is InChI=1S/C21H22FN5O2/c1-14-6-7-15(2)17(11-14)24-20(28)27-10-4-8-21(22,13-27)19-25-18(26-29-19)16-5-3-9-23-12-16/h3,5-7,9,11-12H,4,8,10,13H2,1-2H3,(H,24,28). The van der Waals surface area contributed by atoms with E-state index in [4.69, 9.17) is 4.52 Å². The van der Waals surface area contributed by atoms with Crippen LogP contribution in [-0.2, 0) is 5.67 Å². The largest absolute Gasteiger partial charge is 0.335 e. The van der Waals surface area contributed by atoms with Gasteiger partial charge >= 0.3 is 6.03 Å². The number of pyridine rings is 1. The van der Waals surface area contributed by atoms with Gasteiger partial charge in [-0.3, -0.25) is 4.98 Å². The lowest BCUT2D eigenvalue weighted by Crippen LogP contribution is -2.48. The normalized spacial score (nSPS) is 19.2. The first kappa shape index (κ1) is 19.0. The summed E-state index contributed by atoms with van der Waals surface area (Å²) in [5, 5.41) is 6.77. The van der Waals surface area contributed by atoms with E-state index < -0.39 is 5.67 Å². The minimum Gasteiger partial charge on any atom is -0.335 e. The fraction of sp³-hybridized carbons (Fsp3) is 0.333. The maximum Gasteiger partial charge on any atom is 0.321 e. The van der Waals surface area contributed by atoms with Gasteiger partial charge in [-0.1, -0.05) is 17.3 Å². The Balaban J connectivity index is 1.51. The van der Waals surface area contributed by atoms with Crippen LogP contribution in [0.5, 0.6) is 0 Å². The number of amides is 2. The van der Waals surface area contributed by atoms with Crippen LogP contribution in [0.25, 0.3) is 11.4 Å². The number of nitrogens with zero attached hydrogens (tertiary/aromatic N) is 4. The van der Waals surface area contributed by atoms with Crippen LogP contribution >= 0.6 is 0 Å². The highest BCUT2D eigenvalue weighted by molar-refractivity contribution is 5.90. The average Bonchev–Trinajstić information content (AvgIpc) is 3.23. The summed E-state index contributed by atoms with van der Waals surface area (Å²) in [6.07, 6.45) is 3.94. The Morgan fingerprint density at radius 2 is 2.17 bits per heavy atom. The molecule has 7 nitrogen and oxygen atoms in total. The second kappa shape index (κ2) is 7.62. The first-order valence-electron chi connectivity index (χ1n) is 9.51. The average molecular weight is 395 g/mol. The molecule has 2 amide bonds. The van der Waals surface area contributed by atoms with Crippen molar-refractivity contribution in [3.05, 3.63) is 59.7 Å². The Labute approximate surface area is 168 Å². The number of carbonyl (C=O) groups is 1. The summed E-state index contributed by atoms with van der Waals surface area (Å²) < 4.78 is 20.9. The third-order valence-corrected chi connectivity index (χ3v) is 5.09. The molecule has 3 aromatic rings. The lowest BCUT2D eigenvalue weighted by atomic mass is 9.94. The van der Waals surface area contributed by atoms with Crippen LogP contribution in [-0.4, -0.2) is 39.1 Å². The number of alkyl halides is 1. The van der Waals surface area contributed by atoms with Gasteiger partial charge in [0.2, 0.25) is 11.5 Å². The van der Waals surface area contributed by atoms with Crippen LogP contribution in [0, 0.1) is 13.8 Å². The zero-order valence-electron chi connectivity index (χ0n) is 16.4. The summed E-state index contributed by atoms with van der Waals surface area (Å²) in [6, 6.07) is 9.01. The molecule has 1 aliphatic rings. The van der Waals surface area contributed by atoms with Gasteiger partial charge in [-0.15, -0.1) is 0 Å². The van der Waals surface area contributed by atoms with Crippen LogP contribution in [0.15, 0.2) is 47.2 Å². The molecule has 0 bridgehead atoms. The summed E-state index contributed by atoms with van der Waals surface area (Å²) in [4.78, 5) is 22.4. The van der Waals surface area contributed by atoms with Crippen LogP contribution in [0.2, 0.25) is 0 Å². The number of aromatic nitrogens is 3. The molecule has 1 N–H and O–H groups in total. The summed E-state index contributed by atoms with van der Waals surface area (Å²) in [7, 11) is 0. The first-order chi connectivity index (χ1) is 13.9. The molecule has 1 saturated heterocycles. The number of piperidine rings is 1. The molecule has 150 valence electrons. The lowest BCUT2D eigenvalue weighted by molar-refractivity contribution is 0.0333. The number of hydrogen-bond donors (Lipinski definition) is 1. The van der Waals surface area contributed by atoms with Crippen LogP contribution in [0.4, 0.5) is 14.9 Å². The topological polar surface area (TPSA) is 84.2 Å². The molecule has 4 rings (SSSR count). The molecule has 0 radical (unpaired) electrons. The number of hydrogen-bond acceptors (Lipinski definition) is 5. The number of rotatable bonds is 3. The summed E-state index contributed by atoms with van der Waals surface area (Å²) in [6.45, 7) is 4.20. The van der Waals surface area contributed by atoms with Crippen LogP contribution < -0.4 is 5.32 Å². The van der Waals surface area contributed by atoms with Crippen LogP contribution in [0.1, 0.15) is 29.9 Å². The zero-order valence-corrected chi connectivity index (χ0v) is 16.4. The van der Waals surface area contributed by atoms with Gasteiger partial charge in [0.15, 0.2) is 0 Å². The van der Waals surface area contributed by atoms with Crippen molar-refractivity contribution >= 4 is 11.7 Å². The first-order valence-corrected chi connectivity index (χ1v) is 9.51. The van der Waals surface area contributed by atoms with E-state index >= 15 is 4.39 Å². The molecule has 0 aliphatic carbocycles. The molecule has 0 saturated carbocycles. The van der Waals surface area contributed by atoms with Gasteiger partial charge in [0.25, 0.3) is 5.89 Å². The monoisotopic (exact) mass is 395 g/mol. The molecule has 8 heteroatoms. The maximum absolute atomic E-state index is 15.7. The van der Waals surface area contributed by atoms with E-state index in [-0.39, 0.29) is 30.7 Å². The third kappa shape index (κ3) is 3.96. The molecule has 29 heavy (non-hydrogen) atoms. The fourth-order valence-electron chi connectivity index (χ4n) is 3.44. The van der Waals surface area contributed by atoms with Crippen molar-refractivity contribution in [2.75, 3.05) is 18.4 Å². The van der Waals surface area contributed by atoms with E-state index in [1.54, 1.807) is 24.5 Å². The highest BCUT2D eigenvalue weighted by Gasteiger charge is 2.44. The Kier molecular flexibility index (Phi) is 5.00. The minimum absolute atomic E-state index is 0.111. The number of likely N-dealkylation sites (tertiary alicyclic amines) is 1.